The van der Waals surface area contributed by atoms with Crippen LogP contribution >= 0.6 is 45.2 Å². The van der Waals surface area contributed by atoms with Gasteiger partial charge in [0.15, 0.2) is 5.76 Å². The zero-order chi connectivity index (χ0) is 10.0. The third-order valence-corrected chi connectivity index (χ3v) is 2.39. The molecule has 0 amide bonds. The van der Waals surface area contributed by atoms with E-state index < -0.39 is 5.97 Å². The van der Waals surface area contributed by atoms with Crippen molar-refractivity contribution in [3.05, 3.63) is 23.7 Å². The number of Topliss-reactive ketones (excluding diaryl/α,β-unsaturated/α-hetero) is 1. The fourth-order valence-corrected chi connectivity index (χ4v) is 1.31. The molecule has 0 saturated heterocycles. The summed E-state index contributed by atoms with van der Waals surface area (Å²) < 4.78 is 4.56. The van der Waals surface area contributed by atoms with Gasteiger partial charge >= 0.3 is 5.97 Å². The molecule has 0 atom stereocenters. The van der Waals surface area contributed by atoms with E-state index >= 15 is 0 Å². The number of carboxylic acids is 1. The molecule has 13 heavy (non-hydrogen) atoms. The first-order chi connectivity index (χ1) is 6.02. The molecule has 6 heteroatoms. The second-order valence-electron chi connectivity index (χ2n) is 2.13. The first kappa shape index (κ1) is 11.0. The molecule has 0 aliphatic carbocycles. The molecule has 0 radical (unpaired) electrons. The fourth-order valence-electron chi connectivity index (χ4n) is 0.693. The first-order valence-electron chi connectivity index (χ1n) is 3.18. The molecular formula is C7H4I2O4. The summed E-state index contributed by atoms with van der Waals surface area (Å²) in [4.78, 5) is 21.7. The smallest absolute Gasteiger partial charge is 0.371 e. The van der Waals surface area contributed by atoms with E-state index in [0.717, 1.165) is 0 Å². The van der Waals surface area contributed by atoms with Gasteiger partial charge in [-0.15, -0.1) is 0 Å². The number of carboxylic acid groups (broad SMARTS) is 1. The Morgan fingerprint density at radius 1 is 1.31 bits per heavy atom. The van der Waals surface area contributed by atoms with Gasteiger partial charge in [-0.25, -0.2) is 4.79 Å². The Bertz CT molecular complexity index is 342. The fraction of sp³-hybridized carbons (Fsp3) is 0.143. The molecule has 1 aromatic rings. The monoisotopic (exact) mass is 406 g/mol. The number of carbonyl (C=O) groups is 2. The Balaban J connectivity index is 2.92. The Hall–Kier alpha value is -0.120. The van der Waals surface area contributed by atoms with Gasteiger partial charge in [-0.3, -0.25) is 4.79 Å². The quantitative estimate of drug-likeness (QED) is 0.476. The van der Waals surface area contributed by atoms with E-state index in [-0.39, 0.29) is 19.2 Å². The van der Waals surface area contributed by atoms with Crippen molar-refractivity contribution in [2.45, 2.75) is 1.93 Å². The molecule has 1 rings (SSSR count). The normalized spacial score (nSPS) is 10.4. The predicted octanol–water partition coefficient (Wildman–Crippen LogP) is 2.36. The summed E-state index contributed by atoms with van der Waals surface area (Å²) in [6, 6.07) is 2.64. The Labute approximate surface area is 101 Å². The Morgan fingerprint density at radius 2 is 1.85 bits per heavy atom. The van der Waals surface area contributed by atoms with Gasteiger partial charge in [0, 0.05) is 0 Å². The van der Waals surface area contributed by atoms with Crippen LogP contribution in [0.25, 0.3) is 0 Å². The van der Waals surface area contributed by atoms with Gasteiger partial charge in [0.1, 0.15) is 1.93 Å². The van der Waals surface area contributed by atoms with E-state index in [0.29, 0.717) is 0 Å². The lowest BCUT2D eigenvalue weighted by molar-refractivity contribution is 0.0660. The largest absolute Gasteiger partial charge is 0.475 e. The highest BCUT2D eigenvalue weighted by Crippen LogP contribution is 2.18. The summed E-state index contributed by atoms with van der Waals surface area (Å²) in [5, 5.41) is 8.51. The molecule has 0 aliphatic heterocycles. The van der Waals surface area contributed by atoms with Crippen LogP contribution in [0.2, 0.25) is 0 Å². The molecule has 0 unspecified atom stereocenters. The molecule has 0 saturated carbocycles. The van der Waals surface area contributed by atoms with Gasteiger partial charge in [0.25, 0.3) is 0 Å². The minimum atomic E-state index is -1.17. The van der Waals surface area contributed by atoms with Crippen LogP contribution in [0.1, 0.15) is 21.1 Å². The van der Waals surface area contributed by atoms with E-state index in [1.165, 1.54) is 12.1 Å². The molecule has 0 aromatic carbocycles. The number of ketones is 1. The highest BCUT2D eigenvalue weighted by molar-refractivity contribution is 14.2. The van der Waals surface area contributed by atoms with Crippen molar-refractivity contribution in [3.8, 4) is 0 Å². The molecule has 4 nitrogen and oxygen atoms in total. The number of hydrogen-bond acceptors (Lipinski definition) is 3. The van der Waals surface area contributed by atoms with Gasteiger partial charge < -0.3 is 9.52 Å². The summed E-state index contributed by atoms with van der Waals surface area (Å²) >= 11 is 3.86. The summed E-state index contributed by atoms with van der Waals surface area (Å²) in [7, 11) is 0. The van der Waals surface area contributed by atoms with Crippen molar-refractivity contribution in [1.29, 1.82) is 0 Å². The molecule has 1 aromatic heterocycles. The summed E-state index contributed by atoms with van der Waals surface area (Å²) in [6.45, 7) is 0. The van der Waals surface area contributed by atoms with Gasteiger partial charge in [-0.2, -0.15) is 0 Å². The van der Waals surface area contributed by atoms with E-state index in [9.17, 15) is 9.59 Å². The van der Waals surface area contributed by atoms with Crippen LogP contribution < -0.4 is 0 Å². The van der Waals surface area contributed by atoms with Gasteiger partial charge in [-0.05, 0) is 12.1 Å². The average molecular weight is 406 g/mol. The molecule has 0 bridgehead atoms. The second-order valence-corrected chi connectivity index (χ2v) is 7.01. The molecule has 1 N–H and O–H groups in total. The number of rotatable bonds is 3. The van der Waals surface area contributed by atoms with Crippen LogP contribution in [0.4, 0.5) is 0 Å². The first-order valence-corrected chi connectivity index (χ1v) is 5.67. The SMILES string of the molecule is O=C(O)c1ccc(C(=O)C(I)I)o1. The maximum atomic E-state index is 11.3. The molecule has 0 aliphatic rings. The Morgan fingerprint density at radius 3 is 2.23 bits per heavy atom. The second kappa shape index (κ2) is 4.40. The number of hydrogen-bond donors (Lipinski definition) is 1. The number of alkyl halides is 2. The van der Waals surface area contributed by atoms with Crippen LogP contribution in [-0.2, 0) is 0 Å². The lowest BCUT2D eigenvalue weighted by Gasteiger charge is -1.95. The highest BCUT2D eigenvalue weighted by Gasteiger charge is 2.19. The zero-order valence-corrected chi connectivity index (χ0v) is 10.5. The van der Waals surface area contributed by atoms with Crippen LogP contribution in [0.3, 0.4) is 0 Å². The molecule has 1 heterocycles. The van der Waals surface area contributed by atoms with Crippen LogP contribution in [0.15, 0.2) is 16.5 Å². The van der Waals surface area contributed by atoms with Crippen molar-refractivity contribution in [2.24, 2.45) is 0 Å². The summed E-state index contributed by atoms with van der Waals surface area (Å²) in [5.74, 6) is -1.51. The van der Waals surface area contributed by atoms with E-state index in [2.05, 4.69) is 0 Å². The minimum Gasteiger partial charge on any atom is -0.475 e. The molecule has 0 fully saturated rings. The van der Waals surface area contributed by atoms with Crippen LogP contribution in [0, 0.1) is 0 Å². The minimum absolute atomic E-state index is 0.0891. The van der Waals surface area contributed by atoms with Crippen molar-refractivity contribution in [2.75, 3.05) is 0 Å². The number of furan rings is 1. The van der Waals surface area contributed by atoms with Crippen molar-refractivity contribution >= 4 is 56.9 Å². The van der Waals surface area contributed by atoms with E-state index in [1.807, 2.05) is 45.2 Å². The van der Waals surface area contributed by atoms with Crippen molar-refractivity contribution in [1.82, 2.24) is 0 Å². The Kier molecular flexibility index (Phi) is 3.71. The third kappa shape index (κ3) is 2.66. The van der Waals surface area contributed by atoms with Crippen LogP contribution in [-0.4, -0.2) is 18.8 Å². The van der Waals surface area contributed by atoms with Crippen molar-refractivity contribution in [3.63, 3.8) is 0 Å². The molecule has 70 valence electrons. The summed E-state index contributed by atoms with van der Waals surface area (Å²) in [5.41, 5.74) is 0. The standard InChI is InChI=1S/C7H4I2O4/c8-6(9)5(10)3-1-2-4(13-3)7(11)12/h1-2,6H,(H,11,12). The van der Waals surface area contributed by atoms with Crippen LogP contribution in [0.5, 0.6) is 0 Å². The lowest BCUT2D eigenvalue weighted by atomic mass is 10.3. The lowest BCUT2D eigenvalue weighted by Crippen LogP contribution is -2.05. The van der Waals surface area contributed by atoms with E-state index in [4.69, 9.17) is 9.52 Å². The summed E-state index contributed by atoms with van der Waals surface area (Å²) in [6.07, 6.45) is 0. The van der Waals surface area contributed by atoms with Gasteiger partial charge in [-0.1, -0.05) is 45.2 Å². The maximum absolute atomic E-state index is 11.3. The third-order valence-electron chi connectivity index (χ3n) is 1.26. The predicted molar refractivity (Wildman–Crippen MR) is 61.8 cm³/mol. The number of halogens is 2. The highest BCUT2D eigenvalue weighted by atomic mass is 127. The van der Waals surface area contributed by atoms with E-state index in [1.54, 1.807) is 0 Å². The number of carbonyl (C=O) groups excluding carboxylic acids is 1. The topological polar surface area (TPSA) is 67.5 Å². The van der Waals surface area contributed by atoms with Gasteiger partial charge in [0.2, 0.25) is 11.5 Å². The van der Waals surface area contributed by atoms with Gasteiger partial charge in [0.05, 0.1) is 0 Å². The molecular weight excluding hydrogens is 402 g/mol. The number of aromatic carboxylic acids is 1. The maximum Gasteiger partial charge on any atom is 0.371 e. The van der Waals surface area contributed by atoms with Crippen molar-refractivity contribution < 1.29 is 19.1 Å². The average Bonchev–Trinajstić information content (AvgIpc) is 2.50. The zero-order valence-electron chi connectivity index (χ0n) is 6.16. The molecule has 0 spiro atoms.